The smallest absolute Gasteiger partial charge is 0.311 e. The molecule has 8 nitrogen and oxygen atoms in total. The van der Waals surface area contributed by atoms with Crippen molar-refractivity contribution in [3.8, 4) is 0 Å². The third-order valence-electron chi connectivity index (χ3n) is 3.01. The minimum atomic E-state index is -0.490. The summed E-state index contributed by atoms with van der Waals surface area (Å²) >= 11 is 0. The van der Waals surface area contributed by atoms with E-state index in [0.29, 0.717) is 18.8 Å². The van der Waals surface area contributed by atoms with E-state index in [1.807, 2.05) is 0 Å². The van der Waals surface area contributed by atoms with Crippen molar-refractivity contribution in [3.63, 3.8) is 0 Å². The first kappa shape index (κ1) is 16.1. The minimum Gasteiger partial charge on any atom is -0.396 e. The van der Waals surface area contributed by atoms with Gasteiger partial charge in [-0.1, -0.05) is 13.3 Å². The van der Waals surface area contributed by atoms with Crippen LogP contribution in [0.15, 0.2) is 12.1 Å². The van der Waals surface area contributed by atoms with Gasteiger partial charge in [-0.3, -0.25) is 10.1 Å². The highest BCUT2D eigenvalue weighted by molar-refractivity contribution is 5.59. The second-order valence-corrected chi connectivity index (χ2v) is 4.51. The average molecular weight is 283 g/mol. The average Bonchev–Trinajstić information content (AvgIpc) is 2.44. The quantitative estimate of drug-likeness (QED) is 0.307. The number of aliphatic hydroxyl groups is 1. The summed E-state index contributed by atoms with van der Waals surface area (Å²) in [6.07, 6.45) is 2.59. The lowest BCUT2D eigenvalue weighted by molar-refractivity contribution is -0.384. The summed E-state index contributed by atoms with van der Waals surface area (Å²) in [5, 5.41) is 22.9. The van der Waals surface area contributed by atoms with E-state index in [2.05, 4.69) is 22.7 Å². The molecule has 8 heteroatoms. The van der Waals surface area contributed by atoms with Crippen LogP contribution in [0.5, 0.6) is 0 Å². The maximum atomic E-state index is 11.0. The van der Waals surface area contributed by atoms with Crippen molar-refractivity contribution in [2.75, 3.05) is 23.9 Å². The SMILES string of the molecule is CCCC(CCO)CNc1nc(NN)ccc1[N+](=O)[O-]. The van der Waals surface area contributed by atoms with Crippen LogP contribution in [0.2, 0.25) is 0 Å². The molecule has 1 aromatic heterocycles. The first-order chi connectivity index (χ1) is 9.62. The molecular weight excluding hydrogens is 262 g/mol. The molecule has 0 fully saturated rings. The van der Waals surface area contributed by atoms with Gasteiger partial charge < -0.3 is 15.8 Å². The molecule has 1 rings (SSSR count). The fraction of sp³-hybridized carbons (Fsp3) is 0.583. The zero-order valence-electron chi connectivity index (χ0n) is 11.5. The molecule has 0 aliphatic heterocycles. The molecule has 1 aromatic rings. The number of nitro groups is 1. The molecule has 20 heavy (non-hydrogen) atoms. The van der Waals surface area contributed by atoms with Crippen molar-refractivity contribution in [2.24, 2.45) is 11.8 Å². The summed E-state index contributed by atoms with van der Waals surface area (Å²) in [6.45, 7) is 2.69. The molecule has 1 unspecified atom stereocenters. The van der Waals surface area contributed by atoms with Crippen LogP contribution in [0.1, 0.15) is 26.2 Å². The molecule has 0 radical (unpaired) electrons. The number of aliphatic hydroxyl groups excluding tert-OH is 1. The van der Waals surface area contributed by atoms with Crippen LogP contribution in [-0.2, 0) is 0 Å². The number of pyridine rings is 1. The lowest BCUT2D eigenvalue weighted by Gasteiger charge is -2.16. The van der Waals surface area contributed by atoms with Gasteiger partial charge in [0.2, 0.25) is 5.82 Å². The molecule has 0 amide bonds. The van der Waals surface area contributed by atoms with E-state index < -0.39 is 4.92 Å². The van der Waals surface area contributed by atoms with E-state index in [0.717, 1.165) is 12.8 Å². The molecule has 1 atom stereocenters. The Morgan fingerprint density at radius 2 is 2.25 bits per heavy atom. The Morgan fingerprint density at radius 1 is 1.50 bits per heavy atom. The van der Waals surface area contributed by atoms with Crippen LogP contribution in [0, 0.1) is 16.0 Å². The number of nitrogens with zero attached hydrogens (tertiary/aromatic N) is 2. The lowest BCUT2D eigenvalue weighted by atomic mass is 10.0. The second-order valence-electron chi connectivity index (χ2n) is 4.51. The monoisotopic (exact) mass is 283 g/mol. The molecule has 0 bridgehead atoms. The van der Waals surface area contributed by atoms with Crippen LogP contribution in [0.3, 0.4) is 0 Å². The minimum absolute atomic E-state index is 0.0942. The standard InChI is InChI=1S/C12H21N5O3/c1-2-3-9(6-7-18)8-14-12-10(17(19)20)4-5-11(15-12)16-13/h4-5,9,18H,2-3,6-8,13H2,1H3,(H2,14,15,16). The van der Waals surface area contributed by atoms with E-state index in [9.17, 15) is 10.1 Å². The summed E-state index contributed by atoms with van der Waals surface area (Å²) in [4.78, 5) is 14.5. The van der Waals surface area contributed by atoms with Gasteiger partial charge in [0.1, 0.15) is 5.82 Å². The number of hydrazine groups is 1. The molecule has 0 aromatic carbocycles. The lowest BCUT2D eigenvalue weighted by Crippen LogP contribution is -2.18. The van der Waals surface area contributed by atoms with Crippen molar-refractivity contribution in [2.45, 2.75) is 26.2 Å². The van der Waals surface area contributed by atoms with Crippen LogP contribution in [0.25, 0.3) is 0 Å². The summed E-state index contributed by atoms with van der Waals surface area (Å²) in [5.41, 5.74) is 2.26. The van der Waals surface area contributed by atoms with Gasteiger partial charge in [-0.15, -0.1) is 0 Å². The molecule has 0 aliphatic rings. The predicted octanol–water partition coefficient (Wildman–Crippen LogP) is 1.49. The number of nitrogen functional groups attached to an aromatic ring is 1. The van der Waals surface area contributed by atoms with E-state index >= 15 is 0 Å². The van der Waals surface area contributed by atoms with Gasteiger partial charge in [0.15, 0.2) is 0 Å². The molecule has 5 N–H and O–H groups in total. The first-order valence-electron chi connectivity index (χ1n) is 6.59. The number of aromatic nitrogens is 1. The van der Waals surface area contributed by atoms with Crippen molar-refractivity contribution in [3.05, 3.63) is 22.2 Å². The Kier molecular flexibility index (Phi) is 6.68. The van der Waals surface area contributed by atoms with Crippen molar-refractivity contribution >= 4 is 17.3 Å². The van der Waals surface area contributed by atoms with E-state index in [4.69, 9.17) is 10.9 Å². The number of rotatable bonds is 9. The van der Waals surface area contributed by atoms with E-state index in [-0.39, 0.29) is 24.0 Å². The van der Waals surface area contributed by atoms with Crippen LogP contribution in [0.4, 0.5) is 17.3 Å². The number of hydrogen-bond donors (Lipinski definition) is 4. The zero-order valence-corrected chi connectivity index (χ0v) is 11.5. The van der Waals surface area contributed by atoms with E-state index in [1.165, 1.54) is 12.1 Å². The molecule has 0 aliphatic carbocycles. The van der Waals surface area contributed by atoms with Crippen molar-refractivity contribution in [1.82, 2.24) is 4.98 Å². The first-order valence-corrected chi connectivity index (χ1v) is 6.59. The highest BCUT2D eigenvalue weighted by atomic mass is 16.6. The Labute approximate surface area is 117 Å². The van der Waals surface area contributed by atoms with Gasteiger partial charge in [-0.25, -0.2) is 10.8 Å². The fourth-order valence-corrected chi connectivity index (χ4v) is 1.99. The fourth-order valence-electron chi connectivity index (χ4n) is 1.99. The predicted molar refractivity (Wildman–Crippen MR) is 77.3 cm³/mol. The van der Waals surface area contributed by atoms with E-state index in [1.54, 1.807) is 0 Å². The molecule has 1 heterocycles. The van der Waals surface area contributed by atoms with Gasteiger partial charge in [0.25, 0.3) is 0 Å². The molecule has 112 valence electrons. The van der Waals surface area contributed by atoms with Gasteiger partial charge in [0.05, 0.1) is 4.92 Å². The Morgan fingerprint density at radius 3 is 2.80 bits per heavy atom. The maximum absolute atomic E-state index is 11.0. The topological polar surface area (TPSA) is 126 Å². The Hall–Kier alpha value is -1.93. The number of nitrogens with one attached hydrogen (secondary N) is 2. The summed E-state index contributed by atoms with van der Waals surface area (Å²) in [5.74, 6) is 6.04. The molecular formula is C12H21N5O3. The third-order valence-corrected chi connectivity index (χ3v) is 3.01. The number of anilines is 2. The third kappa shape index (κ3) is 4.63. The van der Waals surface area contributed by atoms with Gasteiger partial charge in [-0.2, -0.15) is 0 Å². The Bertz CT molecular complexity index is 435. The normalized spacial score (nSPS) is 11.9. The van der Waals surface area contributed by atoms with Crippen molar-refractivity contribution < 1.29 is 10.0 Å². The van der Waals surface area contributed by atoms with Crippen molar-refractivity contribution in [1.29, 1.82) is 0 Å². The van der Waals surface area contributed by atoms with Gasteiger partial charge in [-0.05, 0) is 24.8 Å². The molecule has 0 saturated carbocycles. The van der Waals surface area contributed by atoms with Gasteiger partial charge >= 0.3 is 5.69 Å². The maximum Gasteiger partial charge on any atom is 0.311 e. The van der Waals surface area contributed by atoms with Crippen LogP contribution >= 0.6 is 0 Å². The largest absolute Gasteiger partial charge is 0.396 e. The Balaban J connectivity index is 2.80. The number of nitrogens with two attached hydrogens (primary N) is 1. The highest BCUT2D eigenvalue weighted by Crippen LogP contribution is 2.24. The zero-order chi connectivity index (χ0) is 15.0. The summed E-state index contributed by atoms with van der Waals surface area (Å²) in [7, 11) is 0. The summed E-state index contributed by atoms with van der Waals surface area (Å²) < 4.78 is 0. The molecule has 0 spiro atoms. The van der Waals surface area contributed by atoms with Crippen LogP contribution < -0.4 is 16.6 Å². The summed E-state index contributed by atoms with van der Waals surface area (Å²) in [6, 6.07) is 2.80. The molecule has 0 saturated heterocycles. The van der Waals surface area contributed by atoms with Gasteiger partial charge in [0, 0.05) is 19.2 Å². The van der Waals surface area contributed by atoms with Crippen LogP contribution in [-0.4, -0.2) is 28.2 Å². The second kappa shape index (κ2) is 8.28. The highest BCUT2D eigenvalue weighted by Gasteiger charge is 2.17. The number of hydrogen-bond acceptors (Lipinski definition) is 7.